The lowest BCUT2D eigenvalue weighted by Crippen LogP contribution is -2.45. The summed E-state index contributed by atoms with van der Waals surface area (Å²) in [5.41, 5.74) is 1.01. The summed E-state index contributed by atoms with van der Waals surface area (Å²) in [6.07, 6.45) is 1.28. The molecule has 0 N–H and O–H groups in total. The van der Waals surface area contributed by atoms with E-state index in [0.717, 1.165) is 5.56 Å². The summed E-state index contributed by atoms with van der Waals surface area (Å²) < 4.78 is 4.89. The van der Waals surface area contributed by atoms with Crippen LogP contribution in [0.2, 0.25) is 0 Å². The van der Waals surface area contributed by atoms with E-state index in [1.165, 1.54) is 22.7 Å². The van der Waals surface area contributed by atoms with Crippen molar-refractivity contribution in [2.75, 3.05) is 19.4 Å². The zero-order valence-electron chi connectivity index (χ0n) is 14.6. The number of hydrogen-bond donors (Lipinski definition) is 0. The minimum atomic E-state index is -0.683. The van der Waals surface area contributed by atoms with Crippen LogP contribution in [0.4, 0.5) is 0 Å². The van der Waals surface area contributed by atoms with Gasteiger partial charge < -0.3 is 9.64 Å². The summed E-state index contributed by atoms with van der Waals surface area (Å²) in [4.78, 5) is 39.5. The predicted octanol–water partition coefficient (Wildman–Crippen LogP) is 2.01. The van der Waals surface area contributed by atoms with Gasteiger partial charge in [0.1, 0.15) is 6.04 Å². The van der Waals surface area contributed by atoms with Crippen LogP contribution in [-0.2, 0) is 25.7 Å². The average Bonchev–Trinajstić information content (AvgIpc) is 2.95. The molecule has 1 atom stereocenters. The van der Waals surface area contributed by atoms with Gasteiger partial charge in [-0.2, -0.15) is 0 Å². The standard InChI is InChI=1S/C18H22N2O4S/c1-4-24-17(22)10-16-20(15(21)12-25-16)13(2)18(23)19(3)11-14-8-6-5-7-9-14/h5-10,13H,4,11-12H2,1-3H3/b16-10-/t13-/m1/s1. The number of thioether (sulfide) groups is 1. The largest absolute Gasteiger partial charge is 0.463 e. The number of rotatable bonds is 6. The fourth-order valence-corrected chi connectivity index (χ4v) is 3.55. The van der Waals surface area contributed by atoms with Crippen LogP contribution < -0.4 is 0 Å². The summed E-state index contributed by atoms with van der Waals surface area (Å²) >= 11 is 1.24. The van der Waals surface area contributed by atoms with Crippen molar-refractivity contribution in [1.29, 1.82) is 0 Å². The van der Waals surface area contributed by atoms with Crippen molar-refractivity contribution in [3.05, 3.63) is 47.0 Å². The van der Waals surface area contributed by atoms with E-state index in [0.29, 0.717) is 11.6 Å². The number of esters is 1. The van der Waals surface area contributed by atoms with Crippen molar-refractivity contribution in [3.8, 4) is 0 Å². The minimum absolute atomic E-state index is 0.186. The molecule has 0 spiro atoms. The smallest absolute Gasteiger partial charge is 0.333 e. The molecule has 1 saturated heterocycles. The highest BCUT2D eigenvalue weighted by Gasteiger charge is 2.36. The maximum Gasteiger partial charge on any atom is 0.333 e. The van der Waals surface area contributed by atoms with Crippen molar-refractivity contribution in [3.63, 3.8) is 0 Å². The van der Waals surface area contributed by atoms with E-state index in [9.17, 15) is 14.4 Å². The number of nitrogens with zero attached hydrogens (tertiary/aromatic N) is 2. The summed E-state index contributed by atoms with van der Waals surface area (Å²) in [6.45, 7) is 4.10. The molecule has 1 aliphatic heterocycles. The highest BCUT2D eigenvalue weighted by molar-refractivity contribution is 8.04. The van der Waals surface area contributed by atoms with E-state index in [1.807, 2.05) is 30.3 Å². The van der Waals surface area contributed by atoms with Crippen molar-refractivity contribution >= 4 is 29.5 Å². The van der Waals surface area contributed by atoms with Crippen LogP contribution in [0.15, 0.2) is 41.4 Å². The summed E-state index contributed by atoms with van der Waals surface area (Å²) in [7, 11) is 1.70. The predicted molar refractivity (Wildman–Crippen MR) is 96.4 cm³/mol. The molecule has 134 valence electrons. The zero-order valence-corrected chi connectivity index (χ0v) is 15.4. The third-order valence-electron chi connectivity index (χ3n) is 3.76. The first-order chi connectivity index (χ1) is 11.9. The molecule has 6 nitrogen and oxygen atoms in total. The van der Waals surface area contributed by atoms with Gasteiger partial charge in [-0.25, -0.2) is 4.79 Å². The van der Waals surface area contributed by atoms with Crippen molar-refractivity contribution < 1.29 is 19.1 Å². The molecule has 1 aliphatic rings. The molecule has 2 amide bonds. The quantitative estimate of drug-likeness (QED) is 0.572. The van der Waals surface area contributed by atoms with Crippen LogP contribution in [0.5, 0.6) is 0 Å². The molecule has 2 rings (SSSR count). The van der Waals surface area contributed by atoms with E-state index in [2.05, 4.69) is 0 Å². The molecule has 25 heavy (non-hydrogen) atoms. The van der Waals surface area contributed by atoms with Gasteiger partial charge in [0.05, 0.1) is 23.5 Å². The lowest BCUT2D eigenvalue weighted by atomic mass is 10.2. The van der Waals surface area contributed by atoms with Crippen LogP contribution in [0, 0.1) is 0 Å². The number of carbonyl (C=O) groups excluding carboxylic acids is 3. The Balaban J connectivity index is 2.10. The van der Waals surface area contributed by atoms with Crippen molar-refractivity contribution in [2.24, 2.45) is 0 Å². The fraction of sp³-hybridized carbons (Fsp3) is 0.389. The third-order valence-corrected chi connectivity index (χ3v) is 4.76. The van der Waals surface area contributed by atoms with Crippen molar-refractivity contribution in [2.45, 2.75) is 26.4 Å². The molecule has 0 radical (unpaired) electrons. The molecule has 0 aliphatic carbocycles. The molecule has 7 heteroatoms. The van der Waals surface area contributed by atoms with Gasteiger partial charge in [-0.05, 0) is 19.4 Å². The number of carbonyl (C=O) groups is 3. The van der Waals surface area contributed by atoms with Crippen molar-refractivity contribution in [1.82, 2.24) is 9.80 Å². The normalized spacial score (nSPS) is 16.8. The van der Waals surface area contributed by atoms with E-state index in [-0.39, 0.29) is 24.2 Å². The Morgan fingerprint density at radius 3 is 2.68 bits per heavy atom. The molecule has 0 unspecified atom stereocenters. The second-order valence-corrected chi connectivity index (χ2v) is 6.64. The van der Waals surface area contributed by atoms with Gasteiger partial charge >= 0.3 is 5.97 Å². The Bertz CT molecular complexity index is 675. The first kappa shape index (κ1) is 19.1. The molecule has 0 bridgehead atoms. The second kappa shape index (κ2) is 8.71. The molecule has 1 fully saturated rings. The van der Waals surface area contributed by atoms with E-state index < -0.39 is 12.0 Å². The first-order valence-electron chi connectivity index (χ1n) is 8.06. The van der Waals surface area contributed by atoms with Crippen LogP contribution in [0.3, 0.4) is 0 Å². The molecule has 1 aromatic rings. The number of likely N-dealkylation sites (N-methyl/N-ethyl adjacent to an activating group) is 1. The number of ether oxygens (including phenoxy) is 1. The molecule has 0 saturated carbocycles. The Hall–Kier alpha value is -2.28. The maximum absolute atomic E-state index is 12.7. The molecule has 1 aromatic carbocycles. The van der Waals surface area contributed by atoms with Crippen LogP contribution in [-0.4, -0.2) is 53.0 Å². The summed E-state index contributed by atoms with van der Waals surface area (Å²) in [5, 5.41) is 0.456. The highest BCUT2D eigenvalue weighted by Crippen LogP contribution is 2.31. The first-order valence-corrected chi connectivity index (χ1v) is 9.04. The minimum Gasteiger partial charge on any atom is -0.463 e. The Labute approximate surface area is 151 Å². The lowest BCUT2D eigenvalue weighted by Gasteiger charge is -2.28. The topological polar surface area (TPSA) is 66.9 Å². The third kappa shape index (κ3) is 4.85. The maximum atomic E-state index is 12.7. The number of hydrogen-bond acceptors (Lipinski definition) is 5. The van der Waals surface area contributed by atoms with Crippen LogP contribution in [0.1, 0.15) is 19.4 Å². The van der Waals surface area contributed by atoms with E-state index in [1.54, 1.807) is 25.8 Å². The van der Waals surface area contributed by atoms with Gasteiger partial charge in [0, 0.05) is 13.6 Å². The molecule has 0 aromatic heterocycles. The highest BCUT2D eigenvalue weighted by atomic mass is 32.2. The van der Waals surface area contributed by atoms with Crippen LogP contribution in [0.25, 0.3) is 0 Å². The van der Waals surface area contributed by atoms with Gasteiger partial charge in [0.15, 0.2) is 0 Å². The lowest BCUT2D eigenvalue weighted by molar-refractivity contribution is -0.141. The van der Waals surface area contributed by atoms with Crippen LogP contribution >= 0.6 is 11.8 Å². The Morgan fingerprint density at radius 1 is 1.36 bits per heavy atom. The number of benzene rings is 1. The summed E-state index contributed by atoms with van der Waals surface area (Å²) in [6, 6.07) is 8.95. The zero-order chi connectivity index (χ0) is 18.4. The van der Waals surface area contributed by atoms with Gasteiger partial charge in [0.2, 0.25) is 11.8 Å². The van der Waals surface area contributed by atoms with E-state index in [4.69, 9.17) is 4.74 Å². The Morgan fingerprint density at radius 2 is 2.04 bits per heavy atom. The van der Waals surface area contributed by atoms with Gasteiger partial charge in [-0.3, -0.25) is 14.5 Å². The summed E-state index contributed by atoms with van der Waals surface area (Å²) in [5.74, 6) is -0.670. The molecular formula is C18H22N2O4S. The average molecular weight is 362 g/mol. The van der Waals surface area contributed by atoms with Gasteiger partial charge in [-0.15, -0.1) is 0 Å². The fourth-order valence-electron chi connectivity index (χ4n) is 2.57. The molecule has 1 heterocycles. The Kier molecular flexibility index (Phi) is 6.64. The SMILES string of the molecule is CCOC(=O)/C=C1\SCC(=O)N1[C@H](C)C(=O)N(C)Cc1ccccc1. The molecular weight excluding hydrogens is 340 g/mol. The van der Waals surface area contributed by atoms with Gasteiger partial charge in [0.25, 0.3) is 0 Å². The van der Waals surface area contributed by atoms with E-state index >= 15 is 0 Å². The number of amides is 2. The second-order valence-electron chi connectivity index (χ2n) is 5.64. The van der Waals surface area contributed by atoms with Gasteiger partial charge in [-0.1, -0.05) is 42.1 Å². The monoisotopic (exact) mass is 362 g/mol.